The first-order valence-corrected chi connectivity index (χ1v) is 11.7. The van der Waals surface area contributed by atoms with Crippen LogP contribution in [0.5, 0.6) is 0 Å². The SMILES string of the molecule is Cc1ncc(CCON=C2C=C3CCC4C(CC[C@]5(C)C(=O)CCC45)[C@@]3(C)CC2)o1. The van der Waals surface area contributed by atoms with Gasteiger partial charge in [-0.2, -0.15) is 0 Å². The highest BCUT2D eigenvalue weighted by atomic mass is 16.6. The molecule has 1 aromatic heterocycles. The molecule has 3 unspecified atom stereocenters. The Morgan fingerprint density at radius 2 is 1.97 bits per heavy atom. The fraction of sp³-hybridized carbons (Fsp3) is 0.720. The van der Waals surface area contributed by atoms with Crippen LogP contribution in [0.25, 0.3) is 0 Å². The van der Waals surface area contributed by atoms with Crippen molar-refractivity contribution in [1.29, 1.82) is 0 Å². The summed E-state index contributed by atoms with van der Waals surface area (Å²) in [5.74, 6) is 4.12. The molecule has 0 bridgehead atoms. The number of rotatable bonds is 4. The standard InChI is InChI=1S/C25H34N2O3/c1-16-26-15-19(30-16)10-13-29-27-18-8-11-24(2)17(14-18)4-5-20-21-6-7-23(28)25(21,3)12-9-22(20)24/h14-15,20-22H,4-13H2,1-3H3/t20?,21?,22?,24-,25-/m0/s1. The van der Waals surface area contributed by atoms with Gasteiger partial charge in [0.25, 0.3) is 0 Å². The summed E-state index contributed by atoms with van der Waals surface area (Å²) in [6.07, 6.45) is 13.5. The minimum Gasteiger partial charge on any atom is -0.446 e. The molecular weight excluding hydrogens is 376 g/mol. The predicted octanol–water partition coefficient (Wildman–Crippen LogP) is 5.43. The fourth-order valence-electron chi connectivity index (χ4n) is 7.21. The lowest BCUT2D eigenvalue weighted by molar-refractivity contribution is -0.132. The molecule has 0 N–H and O–H groups in total. The number of allylic oxidation sites excluding steroid dienone is 2. The zero-order chi connectivity index (χ0) is 20.9. The van der Waals surface area contributed by atoms with Crippen molar-refractivity contribution in [3.05, 3.63) is 29.5 Å². The number of fused-ring (bicyclic) bond motifs is 5. The average Bonchev–Trinajstić information content (AvgIpc) is 3.28. The molecule has 0 spiro atoms. The summed E-state index contributed by atoms with van der Waals surface area (Å²) in [5.41, 5.74) is 2.88. The Morgan fingerprint density at radius 3 is 2.77 bits per heavy atom. The second-order valence-electron chi connectivity index (χ2n) is 10.4. The van der Waals surface area contributed by atoms with Crippen molar-refractivity contribution in [3.8, 4) is 0 Å². The van der Waals surface area contributed by atoms with Crippen LogP contribution in [0.3, 0.4) is 0 Å². The van der Waals surface area contributed by atoms with Crippen LogP contribution in [-0.2, 0) is 16.1 Å². The van der Waals surface area contributed by atoms with Crippen LogP contribution in [0.4, 0.5) is 0 Å². The Morgan fingerprint density at radius 1 is 1.13 bits per heavy atom. The summed E-state index contributed by atoms with van der Waals surface area (Å²) in [6, 6.07) is 0. The highest BCUT2D eigenvalue weighted by Gasteiger charge is 2.58. The second kappa shape index (κ2) is 7.35. The molecule has 4 aliphatic carbocycles. The van der Waals surface area contributed by atoms with E-state index in [0.29, 0.717) is 30.6 Å². The summed E-state index contributed by atoms with van der Waals surface area (Å²) in [7, 11) is 0. The fourth-order valence-corrected chi connectivity index (χ4v) is 7.21. The number of hydrogen-bond donors (Lipinski definition) is 0. The molecule has 5 nitrogen and oxygen atoms in total. The summed E-state index contributed by atoms with van der Waals surface area (Å²) in [6.45, 7) is 7.11. The van der Waals surface area contributed by atoms with E-state index in [1.807, 2.05) is 6.92 Å². The highest BCUT2D eigenvalue weighted by Crippen LogP contribution is 2.64. The molecule has 3 fully saturated rings. The largest absolute Gasteiger partial charge is 0.446 e. The van der Waals surface area contributed by atoms with Gasteiger partial charge in [-0.25, -0.2) is 4.98 Å². The summed E-state index contributed by atoms with van der Waals surface area (Å²) < 4.78 is 5.48. The number of nitrogens with zero attached hydrogens (tertiary/aromatic N) is 2. The zero-order valence-corrected chi connectivity index (χ0v) is 18.6. The number of Topliss-reactive ketones (excluding diaryl/α,β-unsaturated/α-hetero) is 1. The van der Waals surface area contributed by atoms with Crippen molar-refractivity contribution >= 4 is 11.5 Å². The second-order valence-corrected chi connectivity index (χ2v) is 10.4. The molecule has 30 heavy (non-hydrogen) atoms. The molecule has 1 heterocycles. The Labute approximate surface area is 179 Å². The molecule has 162 valence electrons. The van der Waals surface area contributed by atoms with E-state index in [4.69, 9.17) is 9.25 Å². The van der Waals surface area contributed by atoms with Crippen LogP contribution < -0.4 is 0 Å². The van der Waals surface area contributed by atoms with Crippen LogP contribution >= 0.6 is 0 Å². The van der Waals surface area contributed by atoms with Gasteiger partial charge in [-0.15, -0.1) is 0 Å². The third-order valence-corrected chi connectivity index (χ3v) is 8.98. The lowest BCUT2D eigenvalue weighted by Gasteiger charge is -2.57. The number of hydrogen-bond acceptors (Lipinski definition) is 5. The van der Waals surface area contributed by atoms with E-state index in [9.17, 15) is 4.79 Å². The monoisotopic (exact) mass is 410 g/mol. The summed E-state index contributed by atoms with van der Waals surface area (Å²) in [4.78, 5) is 22.3. The number of aromatic nitrogens is 1. The van der Waals surface area contributed by atoms with Gasteiger partial charge >= 0.3 is 0 Å². The molecule has 1 aromatic rings. The lowest BCUT2D eigenvalue weighted by Crippen LogP contribution is -2.50. The lowest BCUT2D eigenvalue weighted by atomic mass is 9.47. The molecular formula is C25H34N2O3. The molecule has 5 rings (SSSR count). The Bertz CT molecular complexity index is 900. The third-order valence-electron chi connectivity index (χ3n) is 8.98. The Hall–Kier alpha value is -1.91. The first kappa shape index (κ1) is 20.0. The average molecular weight is 411 g/mol. The van der Waals surface area contributed by atoms with E-state index in [-0.39, 0.29) is 10.8 Å². The highest BCUT2D eigenvalue weighted by molar-refractivity contribution is 5.96. The maximum absolute atomic E-state index is 12.6. The number of carbonyl (C=O) groups excluding carboxylic acids is 1. The van der Waals surface area contributed by atoms with Crippen LogP contribution in [0.2, 0.25) is 0 Å². The molecule has 0 radical (unpaired) electrons. The van der Waals surface area contributed by atoms with Crippen LogP contribution in [0.15, 0.2) is 27.4 Å². The minimum absolute atomic E-state index is 0.0318. The molecule has 4 aliphatic rings. The molecule has 0 amide bonds. The Kier molecular flexibility index (Phi) is 4.90. The van der Waals surface area contributed by atoms with Gasteiger partial charge < -0.3 is 9.25 Å². The van der Waals surface area contributed by atoms with Gasteiger partial charge in [0.2, 0.25) is 0 Å². The van der Waals surface area contributed by atoms with E-state index in [0.717, 1.165) is 61.8 Å². The van der Waals surface area contributed by atoms with Crippen LogP contribution in [0.1, 0.15) is 76.9 Å². The third kappa shape index (κ3) is 3.16. The predicted molar refractivity (Wildman–Crippen MR) is 115 cm³/mol. The van der Waals surface area contributed by atoms with Gasteiger partial charge in [0.1, 0.15) is 18.2 Å². The first-order chi connectivity index (χ1) is 14.4. The molecule has 5 heteroatoms. The minimum atomic E-state index is -0.0318. The quantitative estimate of drug-likeness (QED) is 0.490. The molecule has 0 aromatic carbocycles. The van der Waals surface area contributed by atoms with Crippen LogP contribution in [-0.4, -0.2) is 23.1 Å². The number of oxime groups is 1. The van der Waals surface area contributed by atoms with E-state index < -0.39 is 0 Å². The maximum Gasteiger partial charge on any atom is 0.191 e. The normalized spacial score (nSPS) is 39.3. The molecule has 0 aliphatic heterocycles. The summed E-state index contributed by atoms with van der Waals surface area (Å²) in [5, 5.41) is 4.44. The van der Waals surface area contributed by atoms with Gasteiger partial charge in [-0.05, 0) is 74.2 Å². The molecule has 3 saturated carbocycles. The van der Waals surface area contributed by atoms with Crippen molar-refractivity contribution in [2.75, 3.05) is 6.61 Å². The first-order valence-electron chi connectivity index (χ1n) is 11.7. The van der Waals surface area contributed by atoms with Gasteiger partial charge in [-0.1, -0.05) is 24.6 Å². The maximum atomic E-state index is 12.6. The van der Waals surface area contributed by atoms with Gasteiger partial charge in [0, 0.05) is 25.2 Å². The van der Waals surface area contributed by atoms with Crippen molar-refractivity contribution in [2.24, 2.45) is 33.7 Å². The topological polar surface area (TPSA) is 64.7 Å². The van der Waals surface area contributed by atoms with Crippen molar-refractivity contribution in [1.82, 2.24) is 4.98 Å². The number of carbonyl (C=O) groups is 1. The van der Waals surface area contributed by atoms with Crippen molar-refractivity contribution < 1.29 is 14.0 Å². The van der Waals surface area contributed by atoms with E-state index >= 15 is 0 Å². The van der Waals surface area contributed by atoms with E-state index in [1.54, 1.807) is 11.8 Å². The number of ketones is 1. The Balaban J connectivity index is 1.26. The van der Waals surface area contributed by atoms with Crippen molar-refractivity contribution in [2.45, 2.75) is 78.6 Å². The van der Waals surface area contributed by atoms with E-state index in [2.05, 4.69) is 30.1 Å². The number of oxazole rings is 1. The smallest absolute Gasteiger partial charge is 0.191 e. The summed E-state index contributed by atoms with van der Waals surface area (Å²) >= 11 is 0. The van der Waals surface area contributed by atoms with Gasteiger partial charge in [-0.3, -0.25) is 4.79 Å². The van der Waals surface area contributed by atoms with E-state index in [1.165, 1.54) is 12.8 Å². The zero-order valence-electron chi connectivity index (χ0n) is 18.6. The molecule has 0 saturated heterocycles. The van der Waals surface area contributed by atoms with Crippen molar-refractivity contribution in [3.63, 3.8) is 0 Å². The van der Waals surface area contributed by atoms with Gasteiger partial charge in [0.15, 0.2) is 5.89 Å². The molecule has 5 atom stereocenters. The number of aryl methyl sites for hydroxylation is 1. The van der Waals surface area contributed by atoms with Gasteiger partial charge in [0.05, 0.1) is 11.9 Å². The van der Waals surface area contributed by atoms with Crippen LogP contribution in [0, 0.1) is 35.5 Å².